The first-order valence-electron chi connectivity index (χ1n) is 6.74. The fourth-order valence-corrected chi connectivity index (χ4v) is 2.86. The van der Waals surface area contributed by atoms with Crippen molar-refractivity contribution in [3.8, 4) is 0 Å². The van der Waals surface area contributed by atoms with Crippen molar-refractivity contribution in [2.75, 3.05) is 0 Å². The molecule has 3 unspecified atom stereocenters. The van der Waals surface area contributed by atoms with Crippen LogP contribution in [-0.4, -0.2) is 11.2 Å². The first kappa shape index (κ1) is 12.6. The Bertz CT molecular complexity index is 353. The smallest absolute Gasteiger partial charge is 0.138 e. The van der Waals surface area contributed by atoms with E-state index in [2.05, 4.69) is 24.3 Å². The summed E-state index contributed by atoms with van der Waals surface area (Å²) in [6.07, 6.45) is 4.03. The largest absolute Gasteiger partial charge is 0.361 e. The normalized spacial score (nSPS) is 29.5. The summed E-state index contributed by atoms with van der Waals surface area (Å²) in [6.45, 7) is 9.64. The van der Waals surface area contributed by atoms with Gasteiger partial charge < -0.3 is 9.84 Å². The predicted octanol–water partition coefficient (Wildman–Crippen LogP) is 3.21. The van der Waals surface area contributed by atoms with Gasteiger partial charge in [-0.05, 0) is 32.1 Å². The van der Waals surface area contributed by atoms with Crippen molar-refractivity contribution in [2.45, 2.75) is 59.5 Å². The third-order valence-corrected chi connectivity index (χ3v) is 4.43. The maximum Gasteiger partial charge on any atom is 0.138 e. The van der Waals surface area contributed by atoms with Gasteiger partial charge in [-0.3, -0.25) is 0 Å². The Morgan fingerprint density at radius 3 is 2.71 bits per heavy atom. The highest BCUT2D eigenvalue weighted by Gasteiger charge is 2.26. The van der Waals surface area contributed by atoms with Crippen LogP contribution in [0.2, 0.25) is 0 Å². The average Bonchev–Trinajstić information content (AvgIpc) is 2.62. The van der Waals surface area contributed by atoms with Gasteiger partial charge in [0, 0.05) is 18.2 Å². The Morgan fingerprint density at radius 2 is 2.06 bits per heavy atom. The molecule has 0 aliphatic heterocycles. The lowest BCUT2D eigenvalue weighted by molar-refractivity contribution is 0.205. The highest BCUT2D eigenvalue weighted by Crippen LogP contribution is 2.29. The molecule has 0 bridgehead atoms. The monoisotopic (exact) mass is 236 g/mol. The molecule has 0 spiro atoms. The Balaban J connectivity index is 1.94. The summed E-state index contributed by atoms with van der Waals surface area (Å²) in [7, 11) is 0. The Kier molecular flexibility index (Phi) is 3.87. The van der Waals surface area contributed by atoms with Crippen molar-refractivity contribution in [3.05, 3.63) is 17.0 Å². The van der Waals surface area contributed by atoms with E-state index in [0.29, 0.717) is 6.04 Å². The molecule has 2 rings (SSSR count). The maximum absolute atomic E-state index is 5.19. The lowest BCUT2D eigenvalue weighted by atomic mass is 9.78. The minimum absolute atomic E-state index is 0.646. The summed E-state index contributed by atoms with van der Waals surface area (Å²) in [4.78, 5) is 0. The third kappa shape index (κ3) is 2.71. The van der Waals surface area contributed by atoms with Gasteiger partial charge >= 0.3 is 0 Å². The summed E-state index contributed by atoms with van der Waals surface area (Å²) in [5.74, 6) is 2.56. The molecule has 0 saturated heterocycles. The quantitative estimate of drug-likeness (QED) is 0.875. The van der Waals surface area contributed by atoms with Crippen molar-refractivity contribution < 1.29 is 4.52 Å². The fourth-order valence-electron chi connectivity index (χ4n) is 2.86. The number of aryl methyl sites for hydroxylation is 2. The first-order valence-corrected chi connectivity index (χ1v) is 6.74. The molecule has 96 valence electrons. The molecular weight excluding hydrogens is 212 g/mol. The molecule has 17 heavy (non-hydrogen) atoms. The number of hydrogen-bond acceptors (Lipinski definition) is 3. The van der Waals surface area contributed by atoms with E-state index < -0.39 is 0 Å². The van der Waals surface area contributed by atoms with Crippen LogP contribution >= 0.6 is 0 Å². The minimum atomic E-state index is 0.646. The molecule has 3 atom stereocenters. The van der Waals surface area contributed by atoms with E-state index in [4.69, 9.17) is 4.52 Å². The molecule has 1 heterocycles. The van der Waals surface area contributed by atoms with Crippen molar-refractivity contribution in [3.63, 3.8) is 0 Å². The van der Waals surface area contributed by atoms with Gasteiger partial charge in [0.15, 0.2) is 0 Å². The highest BCUT2D eigenvalue weighted by atomic mass is 16.5. The summed E-state index contributed by atoms with van der Waals surface area (Å²) >= 11 is 0. The van der Waals surface area contributed by atoms with Crippen LogP contribution in [0, 0.1) is 25.7 Å². The first-order chi connectivity index (χ1) is 8.09. The molecule has 1 aromatic rings. The maximum atomic E-state index is 5.19. The van der Waals surface area contributed by atoms with Crippen LogP contribution in [0.25, 0.3) is 0 Å². The lowest BCUT2D eigenvalue weighted by Crippen LogP contribution is -2.40. The molecule has 1 aliphatic rings. The van der Waals surface area contributed by atoms with Crippen LogP contribution in [0.5, 0.6) is 0 Å². The Labute approximate surface area is 104 Å². The standard InChI is InChI=1S/C14H24N2O/c1-9-6-5-7-14(10(9)2)15-8-13-11(3)16-17-12(13)4/h9-10,14-15H,5-8H2,1-4H3. The van der Waals surface area contributed by atoms with Gasteiger partial charge in [0.2, 0.25) is 0 Å². The van der Waals surface area contributed by atoms with Crippen LogP contribution < -0.4 is 5.32 Å². The number of hydrogen-bond donors (Lipinski definition) is 1. The minimum Gasteiger partial charge on any atom is -0.361 e. The van der Waals surface area contributed by atoms with Crippen LogP contribution in [0.15, 0.2) is 4.52 Å². The van der Waals surface area contributed by atoms with Gasteiger partial charge in [0.05, 0.1) is 5.69 Å². The molecular formula is C14H24N2O. The summed E-state index contributed by atoms with van der Waals surface area (Å²) in [5.41, 5.74) is 2.25. The number of rotatable bonds is 3. The molecule has 1 saturated carbocycles. The van der Waals surface area contributed by atoms with E-state index in [1.165, 1.54) is 24.8 Å². The van der Waals surface area contributed by atoms with Gasteiger partial charge in [0.25, 0.3) is 0 Å². The van der Waals surface area contributed by atoms with E-state index in [1.807, 2.05) is 13.8 Å². The zero-order valence-electron chi connectivity index (χ0n) is 11.4. The van der Waals surface area contributed by atoms with Gasteiger partial charge in [-0.15, -0.1) is 0 Å². The van der Waals surface area contributed by atoms with Crippen molar-refractivity contribution in [1.82, 2.24) is 10.5 Å². The highest BCUT2D eigenvalue weighted by molar-refractivity contribution is 5.20. The Morgan fingerprint density at radius 1 is 1.29 bits per heavy atom. The van der Waals surface area contributed by atoms with Crippen LogP contribution in [0.3, 0.4) is 0 Å². The second-order valence-electron chi connectivity index (χ2n) is 5.56. The predicted molar refractivity (Wildman–Crippen MR) is 68.8 cm³/mol. The average molecular weight is 236 g/mol. The molecule has 3 nitrogen and oxygen atoms in total. The summed E-state index contributed by atoms with van der Waals surface area (Å²) in [5, 5.41) is 7.68. The Hall–Kier alpha value is -0.830. The molecule has 1 aromatic heterocycles. The number of nitrogens with zero attached hydrogens (tertiary/aromatic N) is 1. The summed E-state index contributed by atoms with van der Waals surface area (Å²) < 4.78 is 5.19. The topological polar surface area (TPSA) is 38.1 Å². The fraction of sp³-hybridized carbons (Fsp3) is 0.786. The second kappa shape index (κ2) is 5.21. The zero-order chi connectivity index (χ0) is 12.4. The van der Waals surface area contributed by atoms with Crippen LogP contribution in [0.1, 0.15) is 50.1 Å². The van der Waals surface area contributed by atoms with E-state index in [1.54, 1.807) is 0 Å². The van der Waals surface area contributed by atoms with Crippen molar-refractivity contribution in [2.24, 2.45) is 11.8 Å². The summed E-state index contributed by atoms with van der Waals surface area (Å²) in [6, 6.07) is 0.646. The number of aromatic nitrogens is 1. The van der Waals surface area contributed by atoms with Gasteiger partial charge in [0.1, 0.15) is 5.76 Å². The van der Waals surface area contributed by atoms with Crippen molar-refractivity contribution >= 4 is 0 Å². The van der Waals surface area contributed by atoms with E-state index in [0.717, 1.165) is 29.8 Å². The van der Waals surface area contributed by atoms with Crippen molar-refractivity contribution in [1.29, 1.82) is 0 Å². The zero-order valence-corrected chi connectivity index (χ0v) is 11.4. The van der Waals surface area contributed by atoms with Crippen LogP contribution in [0.4, 0.5) is 0 Å². The SMILES string of the molecule is Cc1noc(C)c1CNC1CCCC(C)C1C. The molecule has 3 heteroatoms. The number of nitrogens with one attached hydrogen (secondary N) is 1. The van der Waals surface area contributed by atoms with Crippen LogP contribution in [-0.2, 0) is 6.54 Å². The molecule has 1 aliphatic carbocycles. The molecule has 0 radical (unpaired) electrons. The van der Waals surface area contributed by atoms with E-state index >= 15 is 0 Å². The third-order valence-electron chi connectivity index (χ3n) is 4.43. The van der Waals surface area contributed by atoms with E-state index in [9.17, 15) is 0 Å². The second-order valence-corrected chi connectivity index (χ2v) is 5.56. The molecule has 1 N–H and O–H groups in total. The van der Waals surface area contributed by atoms with Gasteiger partial charge in [-0.1, -0.05) is 31.8 Å². The molecule has 0 aromatic carbocycles. The molecule has 0 amide bonds. The molecule has 1 fully saturated rings. The van der Waals surface area contributed by atoms with Gasteiger partial charge in [-0.2, -0.15) is 0 Å². The van der Waals surface area contributed by atoms with E-state index in [-0.39, 0.29) is 0 Å². The van der Waals surface area contributed by atoms with Gasteiger partial charge in [-0.25, -0.2) is 0 Å². The lowest BCUT2D eigenvalue weighted by Gasteiger charge is -2.34.